The Morgan fingerprint density at radius 1 is 1.00 bits per heavy atom. The topological polar surface area (TPSA) is 105 Å². The molecule has 0 aromatic heterocycles. The predicted octanol–water partition coefficient (Wildman–Crippen LogP) is 4.24. The molecule has 0 aliphatic carbocycles. The summed E-state index contributed by atoms with van der Waals surface area (Å²) < 4.78 is 11.4. The molecule has 1 rings (SSSR count). The average molecular weight is 419 g/mol. The van der Waals surface area contributed by atoms with E-state index < -0.39 is 15.4 Å². The van der Waals surface area contributed by atoms with E-state index >= 15 is 0 Å². The number of nitro groups is 2. The van der Waals surface area contributed by atoms with Gasteiger partial charge in [0.05, 0.1) is 41.3 Å². The van der Waals surface area contributed by atoms with E-state index in [-0.39, 0.29) is 23.4 Å². The molecule has 1 aromatic carbocycles. The van der Waals surface area contributed by atoms with Crippen molar-refractivity contribution in [3.63, 3.8) is 0 Å². The Kier molecular flexibility index (Phi) is 7.45. The maximum Gasteiger partial charge on any atom is 0.276 e. The highest BCUT2D eigenvalue weighted by atomic mass is 79.9. The fraction of sp³-hybridized carbons (Fsp3) is 0.625. The van der Waals surface area contributed by atoms with Gasteiger partial charge in [0.25, 0.3) is 11.4 Å². The predicted molar refractivity (Wildman–Crippen MR) is 97.0 cm³/mol. The number of nitrogens with zero attached hydrogens (tertiary/aromatic N) is 2. The number of nitro benzene ring substituents is 2. The molecule has 9 heteroatoms. The molecule has 0 saturated heterocycles. The summed E-state index contributed by atoms with van der Waals surface area (Å²) in [7, 11) is 0. The minimum Gasteiger partial charge on any atom is -0.378 e. The zero-order valence-electron chi connectivity index (χ0n) is 14.8. The Labute approximate surface area is 154 Å². The molecule has 25 heavy (non-hydrogen) atoms. The van der Waals surface area contributed by atoms with Crippen molar-refractivity contribution in [3.8, 4) is 0 Å². The maximum atomic E-state index is 10.9. The molecule has 1 aromatic rings. The fourth-order valence-corrected chi connectivity index (χ4v) is 2.04. The summed E-state index contributed by atoms with van der Waals surface area (Å²) in [4.78, 5) is 20.5. The van der Waals surface area contributed by atoms with Crippen LogP contribution in [0.2, 0.25) is 0 Å². The largest absolute Gasteiger partial charge is 0.378 e. The van der Waals surface area contributed by atoms with Crippen molar-refractivity contribution in [1.82, 2.24) is 0 Å². The summed E-state index contributed by atoms with van der Waals surface area (Å²) in [5, 5.41) is 22.6. The zero-order chi connectivity index (χ0) is 19.3. The van der Waals surface area contributed by atoms with Gasteiger partial charge in [-0.3, -0.25) is 20.2 Å². The summed E-state index contributed by atoms with van der Waals surface area (Å²) in [5.74, 6) is 0. The number of hydrogen-bond donors (Lipinski definition) is 0. The first-order chi connectivity index (χ1) is 11.5. The Morgan fingerprint density at radius 2 is 1.52 bits per heavy atom. The van der Waals surface area contributed by atoms with Gasteiger partial charge < -0.3 is 9.47 Å². The van der Waals surface area contributed by atoms with E-state index in [4.69, 9.17) is 9.47 Å². The van der Waals surface area contributed by atoms with Gasteiger partial charge in [-0.1, -0.05) is 29.8 Å². The highest BCUT2D eigenvalue weighted by molar-refractivity contribution is 9.09. The number of halogens is 1. The lowest BCUT2D eigenvalue weighted by Crippen LogP contribution is -2.33. The number of ether oxygens (including phenoxy) is 2. The Balaban J connectivity index is 2.72. The highest BCUT2D eigenvalue weighted by Crippen LogP contribution is 2.25. The van der Waals surface area contributed by atoms with Gasteiger partial charge in [0, 0.05) is 17.5 Å². The lowest BCUT2D eigenvalue weighted by Gasteiger charge is -2.28. The molecule has 0 aliphatic heterocycles. The molecule has 0 fully saturated rings. The molecule has 0 heterocycles. The quantitative estimate of drug-likeness (QED) is 0.319. The van der Waals surface area contributed by atoms with Crippen molar-refractivity contribution in [2.24, 2.45) is 5.41 Å². The second kappa shape index (κ2) is 8.68. The third-order valence-electron chi connectivity index (χ3n) is 3.32. The van der Waals surface area contributed by atoms with E-state index in [0.717, 1.165) is 11.4 Å². The molecule has 0 N–H and O–H groups in total. The third-order valence-corrected chi connectivity index (χ3v) is 4.84. The minimum atomic E-state index is -0.660. The van der Waals surface area contributed by atoms with E-state index in [1.807, 2.05) is 13.8 Å². The third kappa shape index (κ3) is 7.45. The zero-order valence-corrected chi connectivity index (χ0v) is 16.4. The number of alkyl halides is 1. The van der Waals surface area contributed by atoms with Crippen molar-refractivity contribution in [3.05, 3.63) is 44.0 Å². The van der Waals surface area contributed by atoms with Crippen molar-refractivity contribution in [2.45, 2.75) is 39.9 Å². The van der Waals surface area contributed by atoms with Crippen molar-refractivity contribution in [2.75, 3.05) is 18.5 Å². The lowest BCUT2D eigenvalue weighted by molar-refractivity contribution is -0.394. The minimum absolute atomic E-state index is 0.00324. The first-order valence-corrected chi connectivity index (χ1v) is 8.78. The molecular formula is C16H23BrN2O6. The summed E-state index contributed by atoms with van der Waals surface area (Å²) in [6.45, 7) is 8.70. The molecule has 0 unspecified atom stereocenters. The molecule has 0 aliphatic rings. The van der Waals surface area contributed by atoms with Crippen LogP contribution in [0.15, 0.2) is 18.2 Å². The number of rotatable bonds is 10. The first kappa shape index (κ1) is 21.5. The summed E-state index contributed by atoms with van der Waals surface area (Å²) in [6.07, 6.45) is 0. The van der Waals surface area contributed by atoms with Gasteiger partial charge in [0.2, 0.25) is 0 Å². The smallest absolute Gasteiger partial charge is 0.276 e. The molecule has 8 nitrogen and oxygen atoms in total. The number of non-ortho nitro benzene ring substituents is 2. The van der Waals surface area contributed by atoms with E-state index in [9.17, 15) is 20.2 Å². The van der Waals surface area contributed by atoms with Crippen LogP contribution >= 0.6 is 15.9 Å². The van der Waals surface area contributed by atoms with Crippen LogP contribution in [0, 0.1) is 25.6 Å². The Morgan fingerprint density at radius 3 is 1.96 bits per heavy atom. The van der Waals surface area contributed by atoms with Crippen LogP contribution in [-0.4, -0.2) is 34.0 Å². The standard InChI is InChI=1S/C16H23BrN2O6/c1-15(2,9-17)10-24-11-16(3,4)25-8-12-5-13(18(20)21)7-14(6-12)19(22)23/h5-7H,8-11H2,1-4H3. The van der Waals surface area contributed by atoms with Crippen LogP contribution in [-0.2, 0) is 16.1 Å². The van der Waals surface area contributed by atoms with E-state index in [1.54, 1.807) is 0 Å². The van der Waals surface area contributed by atoms with E-state index in [2.05, 4.69) is 29.8 Å². The number of hydrogen-bond acceptors (Lipinski definition) is 6. The van der Waals surface area contributed by atoms with E-state index in [1.165, 1.54) is 12.1 Å². The maximum absolute atomic E-state index is 10.9. The van der Waals surface area contributed by atoms with Gasteiger partial charge in [-0.2, -0.15) is 0 Å². The molecule has 0 radical (unpaired) electrons. The fourth-order valence-electron chi connectivity index (χ4n) is 1.88. The van der Waals surface area contributed by atoms with Gasteiger partial charge in [-0.15, -0.1) is 0 Å². The van der Waals surface area contributed by atoms with Gasteiger partial charge in [0.1, 0.15) is 0 Å². The van der Waals surface area contributed by atoms with Crippen LogP contribution in [0.25, 0.3) is 0 Å². The molecular weight excluding hydrogens is 396 g/mol. The Hall–Kier alpha value is -1.58. The SMILES string of the molecule is CC(C)(CBr)COCC(C)(C)OCc1cc([N+](=O)[O-])cc([N+](=O)[O-])c1. The van der Waals surface area contributed by atoms with E-state index in [0.29, 0.717) is 18.8 Å². The molecule has 0 spiro atoms. The summed E-state index contributed by atoms with van der Waals surface area (Å²) >= 11 is 3.43. The Bertz CT molecular complexity index is 601. The van der Waals surface area contributed by atoms with Gasteiger partial charge in [-0.05, 0) is 24.8 Å². The van der Waals surface area contributed by atoms with Gasteiger partial charge in [0.15, 0.2) is 0 Å². The normalized spacial score (nSPS) is 12.2. The van der Waals surface area contributed by atoms with Gasteiger partial charge >= 0.3 is 0 Å². The molecule has 0 saturated carbocycles. The lowest BCUT2D eigenvalue weighted by atomic mass is 9.98. The van der Waals surface area contributed by atoms with Crippen LogP contribution in [0.3, 0.4) is 0 Å². The van der Waals surface area contributed by atoms with Crippen molar-refractivity contribution < 1.29 is 19.3 Å². The summed E-state index contributed by atoms with van der Waals surface area (Å²) in [6, 6.07) is 3.48. The molecule has 0 bridgehead atoms. The van der Waals surface area contributed by atoms with Crippen LogP contribution in [0.1, 0.15) is 33.3 Å². The average Bonchev–Trinajstić information content (AvgIpc) is 2.52. The van der Waals surface area contributed by atoms with Gasteiger partial charge in [-0.25, -0.2) is 0 Å². The highest BCUT2D eigenvalue weighted by Gasteiger charge is 2.23. The van der Waals surface area contributed by atoms with Crippen LogP contribution in [0.4, 0.5) is 11.4 Å². The number of benzene rings is 1. The first-order valence-electron chi connectivity index (χ1n) is 7.66. The monoisotopic (exact) mass is 418 g/mol. The molecule has 140 valence electrons. The van der Waals surface area contributed by atoms with Crippen LogP contribution < -0.4 is 0 Å². The second-order valence-corrected chi connectivity index (χ2v) is 7.77. The second-order valence-electron chi connectivity index (χ2n) is 7.21. The van der Waals surface area contributed by atoms with Crippen molar-refractivity contribution >= 4 is 27.3 Å². The van der Waals surface area contributed by atoms with Crippen LogP contribution in [0.5, 0.6) is 0 Å². The van der Waals surface area contributed by atoms with Crippen molar-refractivity contribution in [1.29, 1.82) is 0 Å². The molecule has 0 amide bonds. The molecule has 0 atom stereocenters. The summed E-state index contributed by atoms with van der Waals surface area (Å²) in [5.41, 5.74) is -0.935.